The lowest BCUT2D eigenvalue weighted by molar-refractivity contribution is 0.0702. The number of hydrogen-bond donors (Lipinski definition) is 2. The van der Waals surface area contributed by atoms with Gasteiger partial charge in [0.15, 0.2) is 0 Å². The van der Waals surface area contributed by atoms with Crippen LogP contribution in [0.2, 0.25) is 0 Å². The summed E-state index contributed by atoms with van der Waals surface area (Å²) in [5.41, 5.74) is 0. The molecule has 6 heteroatoms. The molecule has 0 aliphatic carbocycles. The topological polar surface area (TPSA) is 75.6 Å². The fourth-order valence-electron chi connectivity index (χ4n) is 1.36. The number of amides is 1. The number of thiophene rings is 1. The molecule has 0 saturated heterocycles. The van der Waals surface area contributed by atoms with Crippen LogP contribution in [0.15, 0.2) is 12.1 Å². The highest BCUT2D eigenvalue weighted by atomic mass is 32.1. The van der Waals surface area contributed by atoms with Crippen LogP contribution in [-0.4, -0.2) is 36.7 Å². The van der Waals surface area contributed by atoms with Gasteiger partial charge in [0.1, 0.15) is 4.88 Å². The van der Waals surface area contributed by atoms with Gasteiger partial charge in [-0.3, -0.25) is 4.79 Å². The summed E-state index contributed by atoms with van der Waals surface area (Å²) < 4.78 is 5.39. The lowest BCUT2D eigenvalue weighted by atomic mass is 10.2. The Kier molecular flexibility index (Phi) is 6.52. The van der Waals surface area contributed by atoms with Gasteiger partial charge in [0.05, 0.1) is 4.88 Å². The molecule has 1 heterocycles. The largest absolute Gasteiger partial charge is 0.477 e. The Morgan fingerprint density at radius 3 is 2.63 bits per heavy atom. The third-order valence-electron chi connectivity index (χ3n) is 2.24. The van der Waals surface area contributed by atoms with Crippen molar-refractivity contribution in [2.75, 3.05) is 19.8 Å². The van der Waals surface area contributed by atoms with Gasteiger partial charge in [-0.25, -0.2) is 4.79 Å². The van der Waals surface area contributed by atoms with Crippen LogP contribution in [0.25, 0.3) is 0 Å². The monoisotopic (exact) mass is 285 g/mol. The second kappa shape index (κ2) is 7.91. The summed E-state index contributed by atoms with van der Waals surface area (Å²) in [5, 5.41) is 11.5. The molecule has 0 aromatic carbocycles. The highest BCUT2D eigenvalue weighted by Gasteiger charge is 2.12. The van der Waals surface area contributed by atoms with Crippen molar-refractivity contribution in [3.63, 3.8) is 0 Å². The van der Waals surface area contributed by atoms with Crippen LogP contribution < -0.4 is 5.32 Å². The van der Waals surface area contributed by atoms with Crippen LogP contribution in [0.1, 0.15) is 39.6 Å². The molecule has 19 heavy (non-hydrogen) atoms. The standard InChI is InChI=1S/C13H19NO4S/c1-9(2)8-18-7-3-6-14-12(15)10-4-5-11(19-10)13(16)17/h4-5,9H,3,6-8H2,1-2H3,(H,14,15)(H,16,17). The molecule has 0 radical (unpaired) electrons. The minimum absolute atomic E-state index is 0.172. The summed E-state index contributed by atoms with van der Waals surface area (Å²) in [6.45, 7) is 6.03. The van der Waals surface area contributed by atoms with Crippen molar-refractivity contribution < 1.29 is 19.4 Å². The molecule has 0 spiro atoms. The van der Waals surface area contributed by atoms with E-state index in [4.69, 9.17) is 9.84 Å². The van der Waals surface area contributed by atoms with Crippen LogP contribution >= 0.6 is 11.3 Å². The van der Waals surface area contributed by atoms with E-state index < -0.39 is 5.97 Å². The summed E-state index contributed by atoms with van der Waals surface area (Å²) in [4.78, 5) is 23.0. The molecule has 0 fully saturated rings. The molecule has 106 valence electrons. The summed E-state index contributed by atoms with van der Waals surface area (Å²) >= 11 is 0.978. The number of carboxylic acids is 1. The first-order valence-electron chi connectivity index (χ1n) is 6.19. The van der Waals surface area contributed by atoms with E-state index in [0.29, 0.717) is 23.9 Å². The second-order valence-electron chi connectivity index (χ2n) is 4.55. The van der Waals surface area contributed by atoms with Crippen molar-refractivity contribution in [2.24, 2.45) is 5.92 Å². The fourth-order valence-corrected chi connectivity index (χ4v) is 2.12. The van der Waals surface area contributed by atoms with Gasteiger partial charge in [-0.2, -0.15) is 0 Å². The summed E-state index contributed by atoms with van der Waals surface area (Å²) in [5.74, 6) is -0.734. The van der Waals surface area contributed by atoms with E-state index in [0.717, 1.165) is 24.4 Å². The number of hydrogen-bond acceptors (Lipinski definition) is 4. The van der Waals surface area contributed by atoms with E-state index in [1.807, 2.05) is 0 Å². The molecule has 0 saturated carbocycles. The Morgan fingerprint density at radius 1 is 1.37 bits per heavy atom. The number of carbonyl (C=O) groups excluding carboxylic acids is 1. The number of nitrogens with one attached hydrogen (secondary N) is 1. The Balaban J connectivity index is 2.22. The lowest BCUT2D eigenvalue weighted by Gasteiger charge is -2.07. The van der Waals surface area contributed by atoms with Gasteiger partial charge in [0.2, 0.25) is 0 Å². The molecular formula is C13H19NO4S. The third-order valence-corrected chi connectivity index (χ3v) is 3.31. The predicted octanol–water partition coefficient (Wildman–Crippen LogP) is 2.24. The minimum Gasteiger partial charge on any atom is -0.477 e. The molecule has 1 aromatic heterocycles. The highest BCUT2D eigenvalue weighted by molar-refractivity contribution is 7.15. The molecule has 1 amide bonds. The third kappa shape index (κ3) is 5.85. The maximum absolute atomic E-state index is 11.7. The average Bonchev–Trinajstić information content (AvgIpc) is 2.82. The van der Waals surface area contributed by atoms with E-state index in [2.05, 4.69) is 19.2 Å². The van der Waals surface area contributed by atoms with E-state index in [9.17, 15) is 9.59 Å². The van der Waals surface area contributed by atoms with Gasteiger partial charge >= 0.3 is 5.97 Å². The van der Waals surface area contributed by atoms with Crippen LogP contribution in [0.5, 0.6) is 0 Å². The zero-order valence-corrected chi connectivity index (χ0v) is 12.0. The molecule has 0 aliphatic heterocycles. The van der Waals surface area contributed by atoms with Gasteiger partial charge in [-0.05, 0) is 24.5 Å². The zero-order valence-electron chi connectivity index (χ0n) is 11.1. The zero-order chi connectivity index (χ0) is 14.3. The van der Waals surface area contributed by atoms with E-state index in [1.165, 1.54) is 12.1 Å². The SMILES string of the molecule is CC(C)COCCCNC(=O)c1ccc(C(=O)O)s1. The second-order valence-corrected chi connectivity index (χ2v) is 5.63. The van der Waals surface area contributed by atoms with Gasteiger partial charge in [-0.15, -0.1) is 11.3 Å². The van der Waals surface area contributed by atoms with Gasteiger partial charge in [0, 0.05) is 19.8 Å². The fraction of sp³-hybridized carbons (Fsp3) is 0.538. The number of rotatable bonds is 8. The van der Waals surface area contributed by atoms with Crippen molar-refractivity contribution in [1.29, 1.82) is 0 Å². The van der Waals surface area contributed by atoms with Crippen LogP contribution in [-0.2, 0) is 4.74 Å². The molecule has 0 bridgehead atoms. The summed E-state index contributed by atoms with van der Waals surface area (Å²) in [6, 6.07) is 2.96. The maximum atomic E-state index is 11.7. The Hall–Kier alpha value is -1.40. The molecule has 1 aromatic rings. The first kappa shape index (κ1) is 15.7. The molecule has 0 aliphatic rings. The summed E-state index contributed by atoms with van der Waals surface area (Å²) in [6.07, 6.45) is 0.746. The van der Waals surface area contributed by atoms with E-state index >= 15 is 0 Å². The Labute approximate surface area is 116 Å². The first-order chi connectivity index (χ1) is 9.00. The van der Waals surface area contributed by atoms with Gasteiger partial charge < -0.3 is 15.2 Å². The first-order valence-corrected chi connectivity index (χ1v) is 7.01. The van der Waals surface area contributed by atoms with E-state index in [1.54, 1.807) is 0 Å². The lowest BCUT2D eigenvalue weighted by Crippen LogP contribution is -2.24. The van der Waals surface area contributed by atoms with Gasteiger partial charge in [-0.1, -0.05) is 13.8 Å². The number of aromatic carboxylic acids is 1. The van der Waals surface area contributed by atoms with Crippen LogP contribution in [0.3, 0.4) is 0 Å². The van der Waals surface area contributed by atoms with Crippen LogP contribution in [0.4, 0.5) is 0 Å². The molecule has 0 atom stereocenters. The quantitative estimate of drug-likeness (QED) is 0.718. The average molecular weight is 285 g/mol. The molecule has 0 unspecified atom stereocenters. The number of carboxylic acid groups (broad SMARTS) is 1. The molecule has 5 nitrogen and oxygen atoms in total. The minimum atomic E-state index is -1.01. The van der Waals surface area contributed by atoms with Crippen LogP contribution in [0, 0.1) is 5.92 Å². The Bertz CT molecular complexity index is 428. The summed E-state index contributed by atoms with van der Waals surface area (Å²) in [7, 11) is 0. The molecule has 1 rings (SSSR count). The number of ether oxygens (including phenoxy) is 1. The smallest absolute Gasteiger partial charge is 0.345 e. The maximum Gasteiger partial charge on any atom is 0.345 e. The van der Waals surface area contributed by atoms with Crippen molar-refractivity contribution in [2.45, 2.75) is 20.3 Å². The predicted molar refractivity (Wildman–Crippen MR) is 73.9 cm³/mol. The number of carbonyl (C=O) groups is 2. The molecule has 2 N–H and O–H groups in total. The molecular weight excluding hydrogens is 266 g/mol. The highest BCUT2D eigenvalue weighted by Crippen LogP contribution is 2.16. The van der Waals surface area contributed by atoms with Gasteiger partial charge in [0.25, 0.3) is 5.91 Å². The van der Waals surface area contributed by atoms with Crippen molar-refractivity contribution in [1.82, 2.24) is 5.32 Å². The normalized spacial score (nSPS) is 10.7. The van der Waals surface area contributed by atoms with Crippen molar-refractivity contribution >= 4 is 23.2 Å². The Morgan fingerprint density at radius 2 is 2.05 bits per heavy atom. The van der Waals surface area contributed by atoms with Crippen molar-refractivity contribution in [3.8, 4) is 0 Å². The van der Waals surface area contributed by atoms with Crippen molar-refractivity contribution in [3.05, 3.63) is 21.9 Å². The van der Waals surface area contributed by atoms with E-state index in [-0.39, 0.29) is 10.8 Å².